The number of aromatic nitrogens is 6. The minimum atomic E-state index is -0.562. The van der Waals surface area contributed by atoms with Gasteiger partial charge < -0.3 is 16.4 Å². The van der Waals surface area contributed by atoms with Crippen LogP contribution in [0.15, 0.2) is 61.2 Å². The Morgan fingerprint density at radius 3 is 2.65 bits per heavy atom. The molecule has 5 rings (SSSR count). The summed E-state index contributed by atoms with van der Waals surface area (Å²) in [6.45, 7) is 0.384. The monoisotopic (exact) mass is 494 g/mol. The molecule has 0 saturated carbocycles. The molecule has 1 aromatic carbocycles. The van der Waals surface area contributed by atoms with Gasteiger partial charge in [0.25, 0.3) is 5.91 Å². The number of nitrogens with two attached hydrogens (primary N) is 1. The van der Waals surface area contributed by atoms with Crippen molar-refractivity contribution in [2.24, 2.45) is 0 Å². The zero-order valence-corrected chi connectivity index (χ0v) is 19.2. The van der Waals surface area contributed by atoms with E-state index in [9.17, 15) is 14.4 Å². The molecule has 0 spiro atoms. The van der Waals surface area contributed by atoms with Gasteiger partial charge in [-0.1, -0.05) is 24.3 Å². The summed E-state index contributed by atoms with van der Waals surface area (Å²) in [6, 6.07) is 12.8. The van der Waals surface area contributed by atoms with Crippen molar-refractivity contribution in [1.29, 1.82) is 5.26 Å². The molecule has 182 valence electrons. The fourth-order valence-electron chi connectivity index (χ4n) is 3.63. The fraction of sp³-hybridized carbons (Fsp3) is 0.0800. The highest BCUT2D eigenvalue weighted by atomic mass is 19.1. The number of pyridine rings is 2. The molecule has 12 heteroatoms. The minimum Gasteiger partial charge on any atom is -0.382 e. The lowest BCUT2D eigenvalue weighted by Crippen LogP contribution is -2.26. The molecule has 0 aliphatic carbocycles. The second-order valence-electron chi connectivity index (χ2n) is 8.04. The Bertz CT molecular complexity index is 1640. The van der Waals surface area contributed by atoms with Crippen molar-refractivity contribution in [2.75, 3.05) is 11.1 Å². The first kappa shape index (κ1) is 23.3. The van der Waals surface area contributed by atoms with Crippen molar-refractivity contribution < 1.29 is 9.18 Å². The third-order valence-corrected chi connectivity index (χ3v) is 5.51. The molecule has 37 heavy (non-hydrogen) atoms. The number of carbonyl (C=O) groups excluding carboxylic acids is 1. The molecule has 11 nitrogen and oxygen atoms in total. The topological polar surface area (TPSA) is 171 Å². The maximum atomic E-state index is 13.4. The Kier molecular flexibility index (Phi) is 6.33. The number of nitrogen functional groups attached to an aromatic ring is 1. The normalized spacial score (nSPS) is 10.7. The zero-order chi connectivity index (χ0) is 25.8. The number of nitrogens with one attached hydrogen (secondary N) is 3. The van der Waals surface area contributed by atoms with E-state index < -0.39 is 11.7 Å². The first-order valence-corrected chi connectivity index (χ1v) is 11.1. The lowest BCUT2D eigenvalue weighted by Gasteiger charge is -2.11. The Morgan fingerprint density at radius 2 is 1.86 bits per heavy atom. The molecule has 0 fully saturated rings. The number of rotatable bonds is 7. The molecule has 0 unspecified atom stereocenters. The van der Waals surface area contributed by atoms with Crippen molar-refractivity contribution in [1.82, 2.24) is 35.5 Å². The average Bonchev–Trinajstić information content (AvgIpc) is 3.30. The van der Waals surface area contributed by atoms with E-state index in [1.807, 2.05) is 36.4 Å². The molecule has 0 aliphatic heterocycles. The smallest absolute Gasteiger partial charge is 0.274 e. The molecule has 0 atom stereocenters. The molecule has 0 radical (unpaired) electrons. The van der Waals surface area contributed by atoms with Gasteiger partial charge in [-0.15, -0.1) is 0 Å². The second kappa shape index (κ2) is 10.0. The summed E-state index contributed by atoms with van der Waals surface area (Å²) >= 11 is 0. The number of fused-ring (bicyclic) bond motifs is 1. The third-order valence-electron chi connectivity index (χ3n) is 5.51. The highest BCUT2D eigenvalue weighted by Gasteiger charge is 2.16. The Hall–Kier alpha value is -5.44. The van der Waals surface area contributed by atoms with Crippen molar-refractivity contribution >= 4 is 28.6 Å². The van der Waals surface area contributed by atoms with Crippen LogP contribution in [0.5, 0.6) is 0 Å². The van der Waals surface area contributed by atoms with Crippen LogP contribution in [0.3, 0.4) is 0 Å². The van der Waals surface area contributed by atoms with Gasteiger partial charge >= 0.3 is 0 Å². The fourth-order valence-corrected chi connectivity index (χ4v) is 3.63. The van der Waals surface area contributed by atoms with Gasteiger partial charge in [0.2, 0.25) is 0 Å². The van der Waals surface area contributed by atoms with Gasteiger partial charge in [0.05, 0.1) is 17.8 Å². The number of carbonyl (C=O) groups is 1. The lowest BCUT2D eigenvalue weighted by atomic mass is 10.0. The van der Waals surface area contributed by atoms with Crippen LogP contribution in [0, 0.1) is 17.1 Å². The molecule has 4 heterocycles. The van der Waals surface area contributed by atoms with Gasteiger partial charge in [-0.3, -0.25) is 14.9 Å². The van der Waals surface area contributed by atoms with Crippen molar-refractivity contribution in [2.45, 2.75) is 13.1 Å². The molecule has 0 aliphatic rings. The summed E-state index contributed by atoms with van der Waals surface area (Å²) in [4.78, 5) is 29.2. The number of halogens is 1. The number of nitriles is 1. The molecular formula is C25H19FN10O. The summed E-state index contributed by atoms with van der Waals surface area (Å²) in [7, 11) is 0. The van der Waals surface area contributed by atoms with E-state index in [1.165, 1.54) is 18.5 Å². The number of nitrogens with zero attached hydrogens (tertiary/aromatic N) is 6. The van der Waals surface area contributed by atoms with Gasteiger partial charge in [0, 0.05) is 31.0 Å². The summed E-state index contributed by atoms with van der Waals surface area (Å²) in [5.41, 5.74) is 9.70. The SMILES string of the molecule is N#Cc1cnc(NCc2ccc(-c3cnc4[nH]nc(N)c4c3)cc2)c(C(=O)NCc2cncc(F)c2)n1. The number of hydrogen-bond acceptors (Lipinski definition) is 9. The van der Waals surface area contributed by atoms with E-state index in [4.69, 9.17) is 5.73 Å². The predicted octanol–water partition coefficient (Wildman–Crippen LogP) is 2.94. The van der Waals surface area contributed by atoms with E-state index in [2.05, 4.69) is 40.8 Å². The van der Waals surface area contributed by atoms with Crippen LogP contribution in [-0.2, 0) is 13.1 Å². The number of benzene rings is 1. The Morgan fingerprint density at radius 1 is 1.03 bits per heavy atom. The molecule has 0 saturated heterocycles. The summed E-state index contributed by atoms with van der Waals surface area (Å²) in [6.07, 6.45) is 5.54. The number of amides is 1. The quantitative estimate of drug-likeness (QED) is 0.265. The van der Waals surface area contributed by atoms with Gasteiger partial charge in [-0.2, -0.15) is 10.4 Å². The first-order valence-electron chi connectivity index (χ1n) is 11.1. The zero-order valence-electron chi connectivity index (χ0n) is 19.2. The van der Waals surface area contributed by atoms with E-state index in [-0.39, 0.29) is 23.8 Å². The summed E-state index contributed by atoms with van der Waals surface area (Å²) in [5, 5.41) is 22.4. The maximum Gasteiger partial charge on any atom is 0.274 e. The highest BCUT2D eigenvalue weighted by molar-refractivity contribution is 5.96. The third kappa shape index (κ3) is 5.15. The first-order chi connectivity index (χ1) is 18.0. The second-order valence-corrected chi connectivity index (χ2v) is 8.04. The van der Waals surface area contributed by atoms with E-state index in [0.29, 0.717) is 23.6 Å². The van der Waals surface area contributed by atoms with E-state index in [1.54, 1.807) is 6.20 Å². The standard InChI is InChI=1S/C25H19FN10O/c26-18-5-15(8-29-12-18)10-33-25(37)21-24(32-13-19(7-27)34-21)30-9-14-1-3-16(4-2-14)17-6-20-22(28)35-36-23(20)31-11-17/h1-6,8,11-13H,9-10H2,(H,30,32)(H,33,37)(H3,28,31,35,36). The molecule has 1 amide bonds. The van der Waals surface area contributed by atoms with Crippen LogP contribution >= 0.6 is 0 Å². The predicted molar refractivity (Wildman–Crippen MR) is 133 cm³/mol. The number of anilines is 2. The highest BCUT2D eigenvalue weighted by Crippen LogP contribution is 2.25. The molecule has 4 aromatic heterocycles. The van der Waals surface area contributed by atoms with Gasteiger partial charge in [-0.05, 0) is 28.8 Å². The van der Waals surface area contributed by atoms with Gasteiger partial charge in [-0.25, -0.2) is 19.3 Å². The van der Waals surface area contributed by atoms with Crippen LogP contribution < -0.4 is 16.4 Å². The number of H-pyrrole nitrogens is 1. The molecular weight excluding hydrogens is 475 g/mol. The van der Waals surface area contributed by atoms with Crippen LogP contribution in [0.25, 0.3) is 22.2 Å². The van der Waals surface area contributed by atoms with Gasteiger partial charge in [0.1, 0.15) is 11.9 Å². The van der Waals surface area contributed by atoms with Crippen LogP contribution in [0.2, 0.25) is 0 Å². The molecule has 0 bridgehead atoms. The van der Waals surface area contributed by atoms with Crippen molar-refractivity contribution in [3.05, 3.63) is 89.5 Å². The van der Waals surface area contributed by atoms with E-state index in [0.717, 1.165) is 28.3 Å². The van der Waals surface area contributed by atoms with Crippen LogP contribution in [0.1, 0.15) is 27.3 Å². The lowest BCUT2D eigenvalue weighted by molar-refractivity contribution is 0.0946. The largest absolute Gasteiger partial charge is 0.382 e. The Balaban J connectivity index is 1.29. The minimum absolute atomic E-state index is 0.00341. The molecule has 5 N–H and O–H groups in total. The van der Waals surface area contributed by atoms with Crippen molar-refractivity contribution in [3.63, 3.8) is 0 Å². The van der Waals surface area contributed by atoms with E-state index >= 15 is 0 Å². The van der Waals surface area contributed by atoms with Crippen LogP contribution in [-0.4, -0.2) is 36.0 Å². The number of hydrogen-bond donors (Lipinski definition) is 4. The van der Waals surface area contributed by atoms with Gasteiger partial charge in [0.15, 0.2) is 28.7 Å². The average molecular weight is 494 g/mol. The van der Waals surface area contributed by atoms with Crippen LogP contribution in [0.4, 0.5) is 16.0 Å². The summed E-state index contributed by atoms with van der Waals surface area (Å²) < 4.78 is 13.4. The maximum absolute atomic E-state index is 13.4. The summed E-state index contributed by atoms with van der Waals surface area (Å²) in [5.74, 6) is -0.467. The number of aromatic amines is 1. The molecule has 5 aromatic rings. The van der Waals surface area contributed by atoms with Crippen molar-refractivity contribution in [3.8, 4) is 17.2 Å². The Labute approximate surface area is 209 Å².